The number of unbranched alkanes of at least 4 members (excludes halogenated alkanes) is 18. The van der Waals surface area contributed by atoms with Crippen LogP contribution in [0, 0.1) is 0 Å². The van der Waals surface area contributed by atoms with Crippen molar-refractivity contribution >= 4 is 20.2 Å². The lowest BCUT2D eigenvalue weighted by Crippen LogP contribution is -2.10. The standard InChI is InChI=1S/C30H54O6S2/c1-3-5-7-9-11-13-15-17-19-21-27-35-37(31,32)29-23-25-30(26-24-29)38(33,34)36-28-22-20-18-16-14-12-10-8-6-4-2/h23-26H,3-22,27-28H2,1-2H3. The summed E-state index contributed by atoms with van der Waals surface area (Å²) in [6, 6.07) is 5.07. The van der Waals surface area contributed by atoms with Crippen LogP contribution in [0.3, 0.4) is 0 Å². The summed E-state index contributed by atoms with van der Waals surface area (Å²) in [6.45, 7) is 4.72. The molecule has 0 fully saturated rings. The van der Waals surface area contributed by atoms with Gasteiger partial charge in [-0.1, -0.05) is 129 Å². The highest BCUT2D eigenvalue weighted by Crippen LogP contribution is 2.19. The zero-order valence-corrected chi connectivity index (χ0v) is 25.8. The Morgan fingerprint density at radius 2 is 0.658 bits per heavy atom. The van der Waals surface area contributed by atoms with Gasteiger partial charge in [-0.3, -0.25) is 8.37 Å². The third kappa shape index (κ3) is 16.9. The van der Waals surface area contributed by atoms with Gasteiger partial charge in [-0.2, -0.15) is 16.8 Å². The summed E-state index contributed by atoms with van der Waals surface area (Å²) in [5.41, 5.74) is 0. The lowest BCUT2D eigenvalue weighted by molar-refractivity contribution is 0.304. The summed E-state index contributed by atoms with van der Waals surface area (Å²) < 4.78 is 60.0. The molecule has 0 aliphatic rings. The molecule has 0 unspecified atom stereocenters. The fourth-order valence-corrected chi connectivity index (χ4v) is 6.31. The van der Waals surface area contributed by atoms with Gasteiger partial charge < -0.3 is 0 Å². The Bertz CT molecular complexity index is 820. The quantitative estimate of drug-likeness (QED) is 0.0811. The fraction of sp³-hybridized carbons (Fsp3) is 0.800. The molecule has 1 aromatic carbocycles. The van der Waals surface area contributed by atoms with Crippen molar-refractivity contribution in [2.75, 3.05) is 13.2 Å². The molecule has 0 saturated carbocycles. The molecular formula is C30H54O6S2. The Balaban J connectivity index is 2.22. The van der Waals surface area contributed by atoms with Crippen LogP contribution in [0.2, 0.25) is 0 Å². The summed E-state index contributed by atoms with van der Waals surface area (Å²) in [7, 11) is -7.81. The van der Waals surface area contributed by atoms with Gasteiger partial charge in [0.25, 0.3) is 20.2 Å². The van der Waals surface area contributed by atoms with Crippen molar-refractivity contribution in [2.24, 2.45) is 0 Å². The Labute approximate surface area is 234 Å². The molecule has 6 nitrogen and oxygen atoms in total. The Morgan fingerprint density at radius 1 is 0.421 bits per heavy atom. The van der Waals surface area contributed by atoms with E-state index in [1.165, 1.54) is 114 Å². The molecule has 1 rings (SSSR count). The van der Waals surface area contributed by atoms with Crippen LogP contribution in [0.1, 0.15) is 142 Å². The summed E-state index contributed by atoms with van der Waals surface area (Å²) in [4.78, 5) is -0.0866. The molecule has 38 heavy (non-hydrogen) atoms. The molecule has 8 heteroatoms. The van der Waals surface area contributed by atoms with E-state index in [9.17, 15) is 16.8 Å². The molecule has 0 aliphatic carbocycles. The van der Waals surface area contributed by atoms with Crippen molar-refractivity contribution in [2.45, 2.75) is 152 Å². The van der Waals surface area contributed by atoms with E-state index in [4.69, 9.17) is 8.37 Å². The third-order valence-electron chi connectivity index (χ3n) is 6.87. The highest BCUT2D eigenvalue weighted by molar-refractivity contribution is 7.87. The van der Waals surface area contributed by atoms with Gasteiger partial charge in [0.2, 0.25) is 0 Å². The van der Waals surface area contributed by atoms with Gasteiger partial charge in [-0.15, -0.1) is 0 Å². The molecular weight excluding hydrogens is 520 g/mol. The van der Waals surface area contributed by atoms with Crippen LogP contribution in [0.4, 0.5) is 0 Å². The summed E-state index contributed by atoms with van der Waals surface area (Å²) in [6.07, 6.45) is 23.2. The first-order valence-corrected chi connectivity index (χ1v) is 18.0. The average molecular weight is 575 g/mol. The molecule has 0 heterocycles. The van der Waals surface area contributed by atoms with Gasteiger partial charge >= 0.3 is 0 Å². The molecule has 0 spiro atoms. The molecule has 0 amide bonds. The largest absolute Gasteiger partial charge is 0.296 e. The Kier molecular flexibility index (Phi) is 20.1. The normalized spacial score (nSPS) is 12.3. The van der Waals surface area contributed by atoms with Crippen LogP contribution >= 0.6 is 0 Å². The second kappa shape index (κ2) is 21.8. The maximum atomic E-state index is 12.4. The monoisotopic (exact) mass is 574 g/mol. The van der Waals surface area contributed by atoms with Crippen LogP contribution in [-0.2, 0) is 28.6 Å². The Morgan fingerprint density at radius 3 is 0.921 bits per heavy atom. The average Bonchev–Trinajstić information content (AvgIpc) is 2.90. The van der Waals surface area contributed by atoms with E-state index in [0.29, 0.717) is 12.8 Å². The molecule has 0 atom stereocenters. The van der Waals surface area contributed by atoms with Gasteiger partial charge in [-0.25, -0.2) is 0 Å². The molecule has 0 saturated heterocycles. The topological polar surface area (TPSA) is 86.7 Å². The molecule has 0 N–H and O–H groups in total. The van der Waals surface area contributed by atoms with Gasteiger partial charge in [0.15, 0.2) is 0 Å². The molecule has 0 aromatic heterocycles. The van der Waals surface area contributed by atoms with Crippen LogP contribution in [0.15, 0.2) is 34.1 Å². The van der Waals surface area contributed by atoms with Gasteiger partial charge in [-0.05, 0) is 37.1 Å². The van der Waals surface area contributed by atoms with Gasteiger partial charge in [0.1, 0.15) is 0 Å². The van der Waals surface area contributed by atoms with Crippen LogP contribution in [-0.4, -0.2) is 30.0 Å². The lowest BCUT2D eigenvalue weighted by atomic mass is 10.1. The summed E-state index contributed by atoms with van der Waals surface area (Å²) in [5.74, 6) is 0. The van der Waals surface area contributed by atoms with E-state index >= 15 is 0 Å². The number of benzene rings is 1. The first-order chi connectivity index (χ1) is 18.3. The highest BCUT2D eigenvalue weighted by Gasteiger charge is 2.19. The van der Waals surface area contributed by atoms with E-state index in [1.54, 1.807) is 0 Å². The van der Waals surface area contributed by atoms with E-state index in [2.05, 4.69) is 13.8 Å². The smallest absolute Gasteiger partial charge is 0.266 e. The van der Waals surface area contributed by atoms with Crippen molar-refractivity contribution in [1.29, 1.82) is 0 Å². The minimum Gasteiger partial charge on any atom is -0.266 e. The van der Waals surface area contributed by atoms with Crippen molar-refractivity contribution in [3.8, 4) is 0 Å². The zero-order valence-electron chi connectivity index (χ0n) is 24.1. The summed E-state index contributed by atoms with van der Waals surface area (Å²) >= 11 is 0. The third-order valence-corrected chi connectivity index (χ3v) is 9.53. The molecule has 0 bridgehead atoms. The van der Waals surface area contributed by atoms with E-state index in [1.807, 2.05) is 0 Å². The predicted molar refractivity (Wildman–Crippen MR) is 156 cm³/mol. The molecule has 0 radical (unpaired) electrons. The number of hydrogen-bond donors (Lipinski definition) is 0. The number of rotatable bonds is 26. The first kappa shape index (κ1) is 35.1. The second-order valence-corrected chi connectivity index (χ2v) is 13.6. The Hall–Kier alpha value is -0.960. The van der Waals surface area contributed by atoms with E-state index in [-0.39, 0.29) is 23.0 Å². The minimum atomic E-state index is -3.91. The van der Waals surface area contributed by atoms with Gasteiger partial charge in [0, 0.05) is 0 Å². The highest BCUT2D eigenvalue weighted by atomic mass is 32.2. The molecule has 1 aromatic rings. The van der Waals surface area contributed by atoms with Gasteiger partial charge in [0.05, 0.1) is 23.0 Å². The minimum absolute atomic E-state index is 0.0433. The predicted octanol–water partition coefficient (Wildman–Crippen LogP) is 8.94. The molecule has 0 aliphatic heterocycles. The van der Waals surface area contributed by atoms with Crippen molar-refractivity contribution in [3.05, 3.63) is 24.3 Å². The van der Waals surface area contributed by atoms with Crippen molar-refractivity contribution in [3.63, 3.8) is 0 Å². The maximum Gasteiger partial charge on any atom is 0.296 e. The lowest BCUT2D eigenvalue weighted by Gasteiger charge is -2.08. The van der Waals surface area contributed by atoms with Crippen molar-refractivity contribution in [1.82, 2.24) is 0 Å². The first-order valence-electron chi connectivity index (χ1n) is 15.2. The maximum absolute atomic E-state index is 12.4. The van der Waals surface area contributed by atoms with Crippen molar-refractivity contribution < 1.29 is 25.2 Å². The van der Waals surface area contributed by atoms with Crippen LogP contribution in [0.25, 0.3) is 0 Å². The SMILES string of the molecule is CCCCCCCCCCCCOS(=O)(=O)c1ccc(S(=O)(=O)OCCCCCCCCCCCC)cc1. The van der Waals surface area contributed by atoms with E-state index in [0.717, 1.165) is 25.7 Å². The summed E-state index contributed by atoms with van der Waals surface area (Å²) in [5, 5.41) is 0. The van der Waals surface area contributed by atoms with E-state index < -0.39 is 20.2 Å². The zero-order chi connectivity index (χ0) is 28.0. The second-order valence-electron chi connectivity index (χ2n) is 10.4. The van der Waals surface area contributed by atoms with Crippen LogP contribution < -0.4 is 0 Å². The fourth-order valence-electron chi connectivity index (χ4n) is 4.43. The number of hydrogen-bond acceptors (Lipinski definition) is 6. The van der Waals surface area contributed by atoms with Crippen LogP contribution in [0.5, 0.6) is 0 Å². The molecule has 222 valence electrons.